The third kappa shape index (κ3) is 15.3. The largest absolute Gasteiger partial charge is 0.393 e. The molecule has 0 aliphatic rings. The highest BCUT2D eigenvalue weighted by atomic mass is 80.0. The Bertz CT molecular complexity index is 169. The van der Waals surface area contributed by atoms with Gasteiger partial charge in [0.25, 0.3) is 0 Å². The average Bonchev–Trinajstić information content (AvgIpc) is 2.23. The summed E-state index contributed by atoms with van der Waals surface area (Å²) in [6, 6.07) is 0. The van der Waals surface area contributed by atoms with Crippen LogP contribution in [0.2, 0.25) is 0 Å². The molecule has 1 atom stereocenters. The van der Waals surface area contributed by atoms with E-state index in [1.54, 1.807) is 0 Å². The zero-order chi connectivity index (χ0) is 13.1. The molecule has 17 heavy (non-hydrogen) atoms. The molecule has 1 unspecified atom stereocenters. The Morgan fingerprint density at radius 1 is 0.882 bits per heavy atom. The van der Waals surface area contributed by atoms with E-state index in [1.165, 1.54) is 38.5 Å². The van der Waals surface area contributed by atoms with Crippen molar-refractivity contribution in [3.8, 4) is 0 Å². The Hall–Kier alpha value is 1.40. The molecule has 0 aromatic heterocycles. The molecule has 0 fully saturated rings. The van der Waals surface area contributed by atoms with E-state index < -0.39 is 0 Å². The van der Waals surface area contributed by atoms with Gasteiger partial charge in [0.2, 0.25) is 0 Å². The third-order valence-corrected chi connectivity index (χ3v) is 4.08. The quantitative estimate of drug-likeness (QED) is 0.323. The summed E-state index contributed by atoms with van der Waals surface area (Å²) in [6.45, 7) is 2.17. The van der Waals surface area contributed by atoms with Crippen LogP contribution in [0, 0.1) is 0 Å². The summed E-state index contributed by atoms with van der Waals surface area (Å²) in [4.78, 5) is 0. The summed E-state index contributed by atoms with van der Waals surface area (Å²) in [6.07, 6.45) is 11.5. The Labute approximate surface area is 132 Å². The summed E-state index contributed by atoms with van der Waals surface area (Å²) in [7, 11) is 0. The second-order valence-corrected chi connectivity index (χ2v) is 12.0. The summed E-state index contributed by atoms with van der Waals surface area (Å²) in [5, 5.41) is 9.67. The summed E-state index contributed by atoms with van der Waals surface area (Å²) in [5.41, 5.74) is 0. The van der Waals surface area contributed by atoms with Crippen LogP contribution in [-0.4, -0.2) is 13.4 Å². The van der Waals surface area contributed by atoms with E-state index >= 15 is 0 Å². The molecule has 0 aromatic carbocycles. The van der Waals surface area contributed by atoms with Crippen LogP contribution in [0.15, 0.2) is 0 Å². The molecule has 0 bridgehead atoms. The Balaban J connectivity index is 3.18. The van der Waals surface area contributed by atoms with E-state index in [2.05, 4.69) is 54.7 Å². The fourth-order valence-electron chi connectivity index (χ4n) is 1.82. The minimum Gasteiger partial charge on any atom is -0.393 e. The first-order valence-corrected chi connectivity index (χ1v) is 9.08. The van der Waals surface area contributed by atoms with E-state index in [0.29, 0.717) is 0 Å². The molecule has 0 aliphatic heterocycles. The topological polar surface area (TPSA) is 20.2 Å². The average molecular weight is 437 g/mol. The molecule has 0 saturated heterocycles. The molecule has 1 nitrogen and oxygen atoms in total. The van der Waals surface area contributed by atoms with Gasteiger partial charge in [-0.15, -0.1) is 0 Å². The van der Waals surface area contributed by atoms with Gasteiger partial charge in [0.1, 0.15) is 2.14 Å². The molecule has 0 rings (SSSR count). The van der Waals surface area contributed by atoms with Crippen molar-refractivity contribution in [3.05, 3.63) is 0 Å². The van der Waals surface area contributed by atoms with Crippen molar-refractivity contribution < 1.29 is 5.11 Å². The first-order chi connectivity index (χ1) is 7.95. The first-order valence-electron chi connectivity index (χ1n) is 6.70. The van der Waals surface area contributed by atoms with Gasteiger partial charge in [0, 0.05) is 0 Å². The molecule has 104 valence electrons. The van der Waals surface area contributed by atoms with Gasteiger partial charge in [-0.2, -0.15) is 0 Å². The van der Waals surface area contributed by atoms with Crippen LogP contribution in [0.5, 0.6) is 0 Å². The molecule has 0 spiro atoms. The van der Waals surface area contributed by atoms with Crippen LogP contribution in [0.1, 0.15) is 71.1 Å². The van der Waals surface area contributed by atoms with Gasteiger partial charge in [-0.3, -0.25) is 0 Å². The normalized spacial score (nSPS) is 13.9. The van der Waals surface area contributed by atoms with E-state index in [0.717, 1.165) is 25.7 Å². The zero-order valence-electron chi connectivity index (χ0n) is 10.7. The van der Waals surface area contributed by atoms with Gasteiger partial charge in [-0.25, -0.2) is 0 Å². The van der Waals surface area contributed by atoms with Crippen molar-refractivity contribution >= 4 is 47.8 Å². The maximum atomic E-state index is 9.67. The number of hydrogen-bond donors (Lipinski definition) is 1. The molecule has 0 aromatic rings. The molecule has 4 heteroatoms. The van der Waals surface area contributed by atoms with Crippen LogP contribution in [0.25, 0.3) is 0 Å². The molecular weight excluding hydrogens is 412 g/mol. The lowest BCUT2D eigenvalue weighted by Crippen LogP contribution is -2.05. The lowest BCUT2D eigenvalue weighted by molar-refractivity contribution is 0.148. The number of hydrogen-bond acceptors (Lipinski definition) is 1. The predicted molar refractivity (Wildman–Crippen MR) is 87.4 cm³/mol. The number of halogens is 3. The van der Waals surface area contributed by atoms with Crippen LogP contribution in [0.4, 0.5) is 0 Å². The van der Waals surface area contributed by atoms with E-state index in [1.807, 2.05) is 0 Å². The van der Waals surface area contributed by atoms with Gasteiger partial charge in [-0.1, -0.05) is 99.7 Å². The highest BCUT2D eigenvalue weighted by Gasteiger charge is 2.15. The molecule has 0 saturated carbocycles. The first kappa shape index (κ1) is 18.4. The molecule has 0 radical (unpaired) electrons. The second kappa shape index (κ2) is 11.2. The van der Waals surface area contributed by atoms with Gasteiger partial charge >= 0.3 is 0 Å². The Morgan fingerprint density at radius 3 is 2.00 bits per heavy atom. The van der Waals surface area contributed by atoms with Gasteiger partial charge < -0.3 is 5.11 Å². The summed E-state index contributed by atoms with van der Waals surface area (Å²) >= 11 is 10.5. The van der Waals surface area contributed by atoms with Crippen molar-refractivity contribution in [1.29, 1.82) is 0 Å². The van der Waals surface area contributed by atoms with Crippen LogP contribution in [-0.2, 0) is 0 Å². The van der Waals surface area contributed by atoms with Crippen molar-refractivity contribution in [2.24, 2.45) is 0 Å². The van der Waals surface area contributed by atoms with E-state index in [-0.39, 0.29) is 8.25 Å². The van der Waals surface area contributed by atoms with Crippen molar-refractivity contribution in [1.82, 2.24) is 0 Å². The van der Waals surface area contributed by atoms with E-state index in [4.69, 9.17) is 0 Å². The molecule has 0 heterocycles. The van der Waals surface area contributed by atoms with Crippen molar-refractivity contribution in [2.75, 3.05) is 0 Å². The summed E-state index contributed by atoms with van der Waals surface area (Å²) in [5.74, 6) is 0. The number of aliphatic hydroxyl groups is 1. The zero-order valence-corrected chi connectivity index (χ0v) is 15.5. The van der Waals surface area contributed by atoms with Crippen LogP contribution >= 0.6 is 47.8 Å². The van der Waals surface area contributed by atoms with Crippen molar-refractivity contribution in [2.45, 2.75) is 79.4 Å². The summed E-state index contributed by atoms with van der Waals surface area (Å²) < 4.78 is -0.0661. The van der Waals surface area contributed by atoms with Gasteiger partial charge in [-0.05, 0) is 19.3 Å². The lowest BCUT2D eigenvalue weighted by Gasteiger charge is -2.11. The molecule has 0 aliphatic carbocycles. The fraction of sp³-hybridized carbons (Fsp3) is 1.00. The molecule has 1 N–H and O–H groups in total. The molecule has 0 amide bonds. The van der Waals surface area contributed by atoms with Crippen molar-refractivity contribution in [3.63, 3.8) is 0 Å². The Kier molecular flexibility index (Phi) is 12.2. The number of rotatable bonds is 10. The molecular formula is C13H25Br3O. The number of alkyl halides is 3. The van der Waals surface area contributed by atoms with Crippen LogP contribution < -0.4 is 0 Å². The second-order valence-electron chi connectivity index (χ2n) is 4.72. The Morgan fingerprint density at radius 2 is 1.41 bits per heavy atom. The monoisotopic (exact) mass is 434 g/mol. The fourth-order valence-corrected chi connectivity index (χ4v) is 2.66. The maximum absolute atomic E-state index is 9.67. The van der Waals surface area contributed by atoms with Gasteiger partial charge in [0.15, 0.2) is 0 Å². The minimum atomic E-state index is -0.0661. The van der Waals surface area contributed by atoms with Crippen LogP contribution in [0.3, 0.4) is 0 Å². The third-order valence-electron chi connectivity index (χ3n) is 2.89. The lowest BCUT2D eigenvalue weighted by atomic mass is 10.0. The number of aliphatic hydroxyl groups excluding tert-OH is 1. The van der Waals surface area contributed by atoms with E-state index in [9.17, 15) is 5.11 Å². The standard InChI is InChI=1S/C13H25Br3O/c1-2-3-9-12(17)10-7-5-4-6-8-11-13(14,15)16/h12,17H,2-11H2,1H3. The smallest absolute Gasteiger partial charge is 0.135 e. The SMILES string of the molecule is CCCCC(O)CCCCCCCC(Br)(Br)Br. The number of unbranched alkanes of at least 4 members (excludes halogenated alkanes) is 5. The highest BCUT2D eigenvalue weighted by molar-refractivity contribution is 9.39. The minimum absolute atomic E-state index is 0.0600. The highest BCUT2D eigenvalue weighted by Crippen LogP contribution is 2.38. The van der Waals surface area contributed by atoms with Gasteiger partial charge in [0.05, 0.1) is 6.10 Å². The maximum Gasteiger partial charge on any atom is 0.135 e. The predicted octanol–water partition coefficient (Wildman–Crippen LogP) is 6.11.